The van der Waals surface area contributed by atoms with E-state index >= 15 is 0 Å². The maximum Gasteiger partial charge on any atom is 0.276 e. The number of anilines is 1. The molecule has 0 radical (unpaired) electrons. The van der Waals surface area contributed by atoms with Gasteiger partial charge in [-0.05, 0) is 57.4 Å². The number of rotatable bonds is 10. The summed E-state index contributed by atoms with van der Waals surface area (Å²) < 4.78 is 20.0. The van der Waals surface area contributed by atoms with E-state index in [0.29, 0.717) is 12.3 Å². The molecular weight excluding hydrogens is 600 g/mol. The van der Waals surface area contributed by atoms with Crippen LogP contribution >= 0.6 is 23.7 Å². The minimum atomic E-state index is -0.923. The first kappa shape index (κ1) is 32.4. The number of aromatic nitrogens is 1. The summed E-state index contributed by atoms with van der Waals surface area (Å²) in [6.07, 6.45) is 0.545. The standard InChI is InChI=1S/C25H32N8O6S2.CH4O/c1-12(17-6-4-13-8-14(5-7-18(13)37-17)21(26)29-15-9-28-10-15)38-32-19(16-11-40-24(27)30-16)22(34)31-20-23(35)33(39-41-36)25(20,2)3;1-2/h5,7-8,11-12,15,17,20,28,36H,4,6,9-10H2,1-3H3,(H2,26,29)(H2,27,30)(H,31,34);2H,1H3/b32-19-;. The maximum atomic E-state index is 13.3. The largest absolute Gasteiger partial charge is 0.486 e. The zero-order valence-corrected chi connectivity index (χ0v) is 25.8. The van der Waals surface area contributed by atoms with E-state index in [4.69, 9.17) is 35.0 Å². The van der Waals surface area contributed by atoms with E-state index in [1.807, 2.05) is 18.2 Å². The Morgan fingerprint density at radius 1 is 1.37 bits per heavy atom. The number of hydrogen-bond acceptors (Lipinski definition) is 14. The molecule has 0 spiro atoms. The van der Waals surface area contributed by atoms with Crippen LogP contribution in [0.4, 0.5) is 5.13 Å². The van der Waals surface area contributed by atoms with Gasteiger partial charge in [-0.25, -0.2) is 4.98 Å². The Morgan fingerprint density at radius 2 is 2.12 bits per heavy atom. The van der Waals surface area contributed by atoms with Gasteiger partial charge in [-0.3, -0.25) is 14.6 Å². The van der Waals surface area contributed by atoms with Gasteiger partial charge >= 0.3 is 0 Å². The highest BCUT2D eigenvalue weighted by atomic mass is 32.2. The molecule has 17 heteroatoms. The van der Waals surface area contributed by atoms with Gasteiger partial charge < -0.3 is 41.3 Å². The maximum absolute atomic E-state index is 13.3. The van der Waals surface area contributed by atoms with Gasteiger partial charge in [0, 0.05) is 31.1 Å². The quantitative estimate of drug-likeness (QED) is 0.0697. The van der Waals surface area contributed by atoms with Crippen LogP contribution < -0.4 is 26.8 Å². The fourth-order valence-corrected chi connectivity index (χ4v) is 5.58. The lowest BCUT2D eigenvalue weighted by atomic mass is 9.84. The van der Waals surface area contributed by atoms with Crippen LogP contribution in [0, 0.1) is 0 Å². The number of thiazole rings is 1. The number of nitrogens with one attached hydrogen (secondary N) is 2. The number of fused-ring (bicyclic) bond motifs is 1. The third-order valence-corrected chi connectivity index (χ3v) is 8.18. The van der Waals surface area contributed by atoms with Gasteiger partial charge in [0.15, 0.2) is 29.3 Å². The normalized spacial score (nSPS) is 22.2. The van der Waals surface area contributed by atoms with Crippen LogP contribution in [0.1, 0.15) is 44.0 Å². The second-order valence-corrected chi connectivity index (χ2v) is 11.7. The molecule has 0 aliphatic carbocycles. The van der Waals surface area contributed by atoms with Crippen LogP contribution in [0.3, 0.4) is 0 Å². The monoisotopic (exact) mass is 636 g/mol. The van der Waals surface area contributed by atoms with Crippen molar-refractivity contribution in [1.82, 2.24) is 20.7 Å². The molecule has 2 fully saturated rings. The molecule has 2 saturated heterocycles. The molecule has 8 N–H and O–H groups in total. The molecule has 4 heterocycles. The lowest BCUT2D eigenvalue weighted by Gasteiger charge is -2.50. The number of β-lactam (4-membered cyclic amide) rings is 1. The van der Waals surface area contributed by atoms with Gasteiger partial charge in [0.05, 0.1) is 11.6 Å². The molecule has 3 aliphatic heterocycles. The number of aliphatic hydroxyl groups excluding tert-OH is 1. The second kappa shape index (κ2) is 13.9. The minimum Gasteiger partial charge on any atom is -0.486 e. The van der Waals surface area contributed by atoms with Crippen molar-refractivity contribution < 1.29 is 33.1 Å². The van der Waals surface area contributed by atoms with Crippen LogP contribution in [0.2, 0.25) is 0 Å². The van der Waals surface area contributed by atoms with E-state index in [1.54, 1.807) is 26.2 Å². The van der Waals surface area contributed by atoms with Crippen molar-refractivity contribution in [3.63, 3.8) is 0 Å². The first-order valence-electron chi connectivity index (χ1n) is 13.5. The molecule has 0 bridgehead atoms. The summed E-state index contributed by atoms with van der Waals surface area (Å²) in [5, 5.41) is 19.8. The predicted octanol–water partition coefficient (Wildman–Crippen LogP) is 0.672. The summed E-state index contributed by atoms with van der Waals surface area (Å²) >= 11 is 1.19. The van der Waals surface area contributed by atoms with Crippen molar-refractivity contribution in [2.75, 3.05) is 25.9 Å². The average Bonchev–Trinajstić information content (AvgIpc) is 3.42. The molecule has 2 aromatic rings. The first-order valence-corrected chi connectivity index (χ1v) is 15.0. The lowest BCUT2D eigenvalue weighted by Crippen LogP contribution is -2.76. The van der Waals surface area contributed by atoms with E-state index < -0.39 is 29.5 Å². The van der Waals surface area contributed by atoms with Gasteiger partial charge in [-0.1, -0.05) is 5.16 Å². The summed E-state index contributed by atoms with van der Waals surface area (Å²) in [5.41, 5.74) is 13.0. The number of aryl methyl sites for hydroxylation is 1. The summed E-state index contributed by atoms with van der Waals surface area (Å²) in [5.74, 6) is 0.0400. The topological polar surface area (TPSA) is 219 Å². The minimum absolute atomic E-state index is 0.0471. The molecular formula is C26H36N8O7S2. The Bertz CT molecular complexity index is 1380. The van der Waals surface area contributed by atoms with Gasteiger partial charge in [0.2, 0.25) is 0 Å². The molecule has 5 rings (SSSR count). The molecule has 0 saturated carbocycles. The third kappa shape index (κ3) is 7.02. The van der Waals surface area contributed by atoms with Crippen molar-refractivity contribution in [3.8, 4) is 5.75 Å². The SMILES string of the molecule is CC(O/N=C(\C(=O)NC1C(=O)N(OSO)C1(C)C)c1csc(N)n1)C1CCc2cc(C(N)=NC3CNC3)ccc2O1.CO. The first-order chi connectivity index (χ1) is 20.6. The number of amidine groups is 1. The van der Waals surface area contributed by atoms with E-state index in [1.165, 1.54) is 0 Å². The van der Waals surface area contributed by atoms with E-state index in [9.17, 15) is 9.59 Å². The highest BCUT2D eigenvalue weighted by Crippen LogP contribution is 2.34. The number of aliphatic imine (C=N–C) groups is 1. The summed E-state index contributed by atoms with van der Waals surface area (Å²) in [4.78, 5) is 40.2. The van der Waals surface area contributed by atoms with E-state index in [2.05, 4.69) is 25.8 Å². The molecule has 3 unspecified atom stereocenters. The number of aliphatic hydroxyl groups is 1. The zero-order chi connectivity index (χ0) is 31.3. The molecule has 3 atom stereocenters. The number of amides is 2. The van der Waals surface area contributed by atoms with E-state index in [-0.39, 0.29) is 41.0 Å². The van der Waals surface area contributed by atoms with Crippen molar-refractivity contribution >= 4 is 52.2 Å². The number of nitrogens with two attached hydrogens (primary N) is 2. The Hall–Kier alpha value is -3.48. The van der Waals surface area contributed by atoms with Crippen LogP contribution in [0.25, 0.3) is 0 Å². The van der Waals surface area contributed by atoms with Crippen molar-refractivity contribution in [2.24, 2.45) is 15.9 Å². The van der Waals surface area contributed by atoms with Crippen LogP contribution in [0.15, 0.2) is 33.7 Å². The van der Waals surface area contributed by atoms with Gasteiger partial charge in [-0.2, -0.15) is 9.35 Å². The molecule has 234 valence electrons. The Labute approximate surface area is 257 Å². The van der Waals surface area contributed by atoms with Gasteiger partial charge in [0.1, 0.15) is 29.4 Å². The summed E-state index contributed by atoms with van der Waals surface area (Å²) in [6.45, 7) is 6.84. The number of nitrogens with zero attached hydrogens (tertiary/aromatic N) is 4. The molecule has 15 nitrogen and oxygen atoms in total. The van der Waals surface area contributed by atoms with Crippen molar-refractivity contribution in [3.05, 3.63) is 40.4 Å². The van der Waals surface area contributed by atoms with Gasteiger partial charge in [-0.15, -0.1) is 11.3 Å². The third-order valence-electron chi connectivity index (χ3n) is 7.29. The average molecular weight is 637 g/mol. The van der Waals surface area contributed by atoms with Crippen molar-refractivity contribution in [1.29, 1.82) is 0 Å². The zero-order valence-electron chi connectivity index (χ0n) is 24.1. The highest BCUT2D eigenvalue weighted by molar-refractivity contribution is 7.88. The van der Waals surface area contributed by atoms with Crippen molar-refractivity contribution in [2.45, 2.75) is 63.4 Å². The number of hydroxylamine groups is 2. The highest BCUT2D eigenvalue weighted by Gasteiger charge is 2.57. The fraction of sp³-hybridized carbons (Fsp3) is 0.500. The molecule has 1 aromatic heterocycles. The number of oxime groups is 1. The van der Waals surface area contributed by atoms with Crippen LogP contribution in [-0.2, 0) is 25.1 Å². The number of carbonyl (C=O) groups excluding carboxylic acids is 2. The number of carbonyl (C=O) groups is 2. The van der Waals surface area contributed by atoms with Crippen LogP contribution in [0.5, 0.6) is 5.75 Å². The van der Waals surface area contributed by atoms with Crippen LogP contribution in [-0.4, -0.2) is 93.1 Å². The fourth-order valence-electron chi connectivity index (χ4n) is 4.70. The lowest BCUT2D eigenvalue weighted by molar-refractivity contribution is -0.214. The Kier molecular flexibility index (Phi) is 10.5. The van der Waals surface area contributed by atoms with E-state index in [0.717, 1.165) is 59.9 Å². The smallest absolute Gasteiger partial charge is 0.276 e. The Balaban J connectivity index is 0.00000207. The summed E-state index contributed by atoms with van der Waals surface area (Å²) in [6, 6.07) is 5.06. The number of nitrogen functional groups attached to an aromatic ring is 1. The predicted molar refractivity (Wildman–Crippen MR) is 162 cm³/mol. The molecule has 3 aliphatic rings. The second-order valence-electron chi connectivity index (χ2n) is 10.5. The molecule has 43 heavy (non-hydrogen) atoms. The molecule has 2 amide bonds. The Morgan fingerprint density at radius 3 is 2.72 bits per heavy atom. The molecule has 1 aromatic carbocycles. The number of ether oxygens (including phenoxy) is 1. The number of benzene rings is 1. The number of hydrogen-bond donors (Lipinski definition) is 6. The summed E-state index contributed by atoms with van der Waals surface area (Å²) in [7, 11) is 1.00. The van der Waals surface area contributed by atoms with Gasteiger partial charge in [0.25, 0.3) is 11.8 Å².